The monoisotopic (exact) mass is 341 g/mol. The van der Waals surface area contributed by atoms with E-state index < -0.39 is 11.9 Å². The maximum atomic E-state index is 12.5. The zero-order valence-corrected chi connectivity index (χ0v) is 12.7. The number of hydrogen-bond donors (Lipinski definition) is 1. The molecule has 0 spiro atoms. The number of carbonyl (C=O) groups excluding carboxylic acids is 1. The first-order valence-electron chi connectivity index (χ1n) is 6.38. The molecular formula is C14H16BrNO4. The first-order valence-corrected chi connectivity index (χ1v) is 7.18. The van der Waals surface area contributed by atoms with Gasteiger partial charge in [0.05, 0.1) is 18.6 Å². The van der Waals surface area contributed by atoms with Crippen molar-refractivity contribution in [1.29, 1.82) is 0 Å². The van der Waals surface area contributed by atoms with E-state index in [1.165, 1.54) is 7.11 Å². The average Bonchev–Trinajstić information content (AvgIpc) is 2.46. The Bertz CT molecular complexity index is 532. The Kier molecular flexibility index (Phi) is 4.65. The van der Waals surface area contributed by atoms with Crippen LogP contribution in [0.15, 0.2) is 22.7 Å². The second-order valence-corrected chi connectivity index (χ2v) is 5.69. The number of ether oxygens (including phenoxy) is 1. The van der Waals surface area contributed by atoms with Crippen LogP contribution >= 0.6 is 15.9 Å². The summed E-state index contributed by atoms with van der Waals surface area (Å²) in [4.78, 5) is 25.1. The van der Waals surface area contributed by atoms with Crippen LogP contribution in [0.3, 0.4) is 0 Å². The van der Waals surface area contributed by atoms with Crippen molar-refractivity contribution in [2.45, 2.75) is 12.8 Å². The summed E-state index contributed by atoms with van der Waals surface area (Å²) >= 11 is 3.33. The number of carbonyl (C=O) groups is 2. The molecule has 6 heteroatoms. The van der Waals surface area contributed by atoms with Crippen LogP contribution < -0.4 is 4.74 Å². The summed E-state index contributed by atoms with van der Waals surface area (Å²) < 4.78 is 6.05. The van der Waals surface area contributed by atoms with Crippen molar-refractivity contribution in [3.8, 4) is 5.75 Å². The number of aliphatic carboxylic acids is 1. The van der Waals surface area contributed by atoms with E-state index in [0.29, 0.717) is 30.7 Å². The molecule has 20 heavy (non-hydrogen) atoms. The van der Waals surface area contributed by atoms with E-state index in [1.807, 2.05) is 0 Å². The summed E-state index contributed by atoms with van der Waals surface area (Å²) in [7, 11) is 1.51. The smallest absolute Gasteiger partial charge is 0.308 e. The summed E-state index contributed by atoms with van der Waals surface area (Å²) in [5, 5.41) is 9.08. The first kappa shape index (κ1) is 14.8. The summed E-state index contributed by atoms with van der Waals surface area (Å²) in [5.41, 5.74) is 0.460. The molecule has 2 rings (SSSR count). The number of halogens is 1. The Labute approximate surface area is 125 Å². The molecule has 1 amide bonds. The lowest BCUT2D eigenvalue weighted by molar-refractivity contribution is -0.143. The van der Waals surface area contributed by atoms with Gasteiger partial charge in [0.2, 0.25) is 0 Å². The highest BCUT2D eigenvalue weighted by molar-refractivity contribution is 9.10. The lowest BCUT2D eigenvalue weighted by atomic mass is 9.97. The van der Waals surface area contributed by atoms with Crippen molar-refractivity contribution in [2.75, 3.05) is 20.2 Å². The number of piperidine rings is 1. The number of likely N-dealkylation sites (tertiary alicyclic amines) is 1. The molecule has 1 aliphatic heterocycles. The van der Waals surface area contributed by atoms with E-state index >= 15 is 0 Å². The van der Waals surface area contributed by atoms with Gasteiger partial charge in [0.1, 0.15) is 5.75 Å². The molecule has 0 bridgehead atoms. The SMILES string of the molecule is COc1cc(Br)ccc1C(=O)N1CCC[C@H](C(=O)O)C1. The number of benzene rings is 1. The van der Waals surface area contributed by atoms with Crippen LogP contribution in [0.5, 0.6) is 5.75 Å². The maximum Gasteiger partial charge on any atom is 0.308 e. The van der Waals surface area contributed by atoms with E-state index in [2.05, 4.69) is 15.9 Å². The molecule has 1 N–H and O–H groups in total. The van der Waals surface area contributed by atoms with Crippen molar-refractivity contribution >= 4 is 27.8 Å². The van der Waals surface area contributed by atoms with Gasteiger partial charge in [-0.1, -0.05) is 15.9 Å². The summed E-state index contributed by atoms with van der Waals surface area (Å²) in [5.74, 6) is -1.01. The third-order valence-electron chi connectivity index (χ3n) is 3.45. The van der Waals surface area contributed by atoms with Crippen molar-refractivity contribution in [2.24, 2.45) is 5.92 Å². The number of amides is 1. The van der Waals surface area contributed by atoms with Gasteiger partial charge < -0.3 is 14.7 Å². The number of hydrogen-bond acceptors (Lipinski definition) is 3. The molecule has 1 aliphatic rings. The molecule has 0 aromatic heterocycles. The first-order chi connectivity index (χ1) is 9.52. The van der Waals surface area contributed by atoms with Gasteiger partial charge in [-0.25, -0.2) is 0 Å². The quantitative estimate of drug-likeness (QED) is 0.916. The normalized spacial score (nSPS) is 18.7. The van der Waals surface area contributed by atoms with Gasteiger partial charge in [-0.15, -0.1) is 0 Å². The summed E-state index contributed by atoms with van der Waals surface area (Å²) in [6.07, 6.45) is 1.33. The Balaban J connectivity index is 2.20. The topological polar surface area (TPSA) is 66.8 Å². The molecule has 1 aromatic rings. The fourth-order valence-corrected chi connectivity index (χ4v) is 2.72. The van der Waals surface area contributed by atoms with E-state index in [1.54, 1.807) is 23.1 Å². The Morgan fingerprint density at radius 3 is 2.85 bits per heavy atom. The molecule has 1 aromatic carbocycles. The molecule has 1 atom stereocenters. The van der Waals surface area contributed by atoms with Gasteiger partial charge in [-0.2, -0.15) is 0 Å². The Morgan fingerprint density at radius 2 is 2.20 bits per heavy atom. The molecule has 1 saturated heterocycles. The zero-order chi connectivity index (χ0) is 14.7. The van der Waals surface area contributed by atoms with Crippen LogP contribution in [-0.2, 0) is 4.79 Å². The van der Waals surface area contributed by atoms with Gasteiger partial charge in [-0.05, 0) is 31.0 Å². The number of methoxy groups -OCH3 is 1. The van der Waals surface area contributed by atoms with Gasteiger partial charge in [0, 0.05) is 17.6 Å². The minimum atomic E-state index is -0.842. The lowest BCUT2D eigenvalue weighted by Crippen LogP contribution is -2.42. The third kappa shape index (κ3) is 3.12. The Hall–Kier alpha value is -1.56. The van der Waals surface area contributed by atoms with E-state index in [9.17, 15) is 9.59 Å². The average molecular weight is 342 g/mol. The number of carboxylic acid groups (broad SMARTS) is 1. The predicted molar refractivity (Wildman–Crippen MR) is 77.0 cm³/mol. The zero-order valence-electron chi connectivity index (χ0n) is 11.1. The van der Waals surface area contributed by atoms with E-state index in [0.717, 1.165) is 4.47 Å². The predicted octanol–water partition coefficient (Wildman–Crippen LogP) is 2.39. The molecule has 0 saturated carbocycles. The van der Waals surface area contributed by atoms with Crippen molar-refractivity contribution < 1.29 is 19.4 Å². The molecule has 108 valence electrons. The van der Waals surface area contributed by atoms with Crippen molar-refractivity contribution in [1.82, 2.24) is 4.90 Å². The summed E-state index contributed by atoms with van der Waals surface area (Å²) in [6.45, 7) is 0.842. The van der Waals surface area contributed by atoms with Crippen LogP contribution in [0.2, 0.25) is 0 Å². The van der Waals surface area contributed by atoms with E-state index in [-0.39, 0.29) is 12.5 Å². The maximum absolute atomic E-state index is 12.5. The number of nitrogens with zero attached hydrogens (tertiary/aromatic N) is 1. The molecule has 1 fully saturated rings. The fraction of sp³-hybridized carbons (Fsp3) is 0.429. The van der Waals surface area contributed by atoms with Crippen molar-refractivity contribution in [3.63, 3.8) is 0 Å². The minimum absolute atomic E-state index is 0.180. The molecule has 0 aliphatic carbocycles. The van der Waals surface area contributed by atoms with Gasteiger partial charge in [0.25, 0.3) is 5.91 Å². The van der Waals surface area contributed by atoms with Gasteiger partial charge in [0.15, 0.2) is 0 Å². The second kappa shape index (κ2) is 6.26. The highest BCUT2D eigenvalue weighted by Crippen LogP contribution is 2.26. The Morgan fingerprint density at radius 1 is 1.45 bits per heavy atom. The highest BCUT2D eigenvalue weighted by Gasteiger charge is 2.29. The largest absolute Gasteiger partial charge is 0.496 e. The second-order valence-electron chi connectivity index (χ2n) is 4.77. The lowest BCUT2D eigenvalue weighted by Gasteiger charge is -2.31. The fourth-order valence-electron chi connectivity index (χ4n) is 2.38. The van der Waals surface area contributed by atoms with Crippen LogP contribution in [-0.4, -0.2) is 42.1 Å². The van der Waals surface area contributed by atoms with Crippen molar-refractivity contribution in [3.05, 3.63) is 28.2 Å². The van der Waals surface area contributed by atoms with Crippen LogP contribution in [0, 0.1) is 5.92 Å². The van der Waals surface area contributed by atoms with Gasteiger partial charge >= 0.3 is 5.97 Å². The molecule has 1 heterocycles. The van der Waals surface area contributed by atoms with Crippen LogP contribution in [0.25, 0.3) is 0 Å². The van der Waals surface area contributed by atoms with Crippen LogP contribution in [0.4, 0.5) is 0 Å². The standard InChI is InChI=1S/C14H16BrNO4/c1-20-12-7-10(15)4-5-11(12)13(17)16-6-2-3-9(8-16)14(18)19/h4-5,7,9H,2-3,6,8H2,1H3,(H,18,19)/t9-/m0/s1. The minimum Gasteiger partial charge on any atom is -0.496 e. The third-order valence-corrected chi connectivity index (χ3v) is 3.95. The van der Waals surface area contributed by atoms with E-state index in [4.69, 9.17) is 9.84 Å². The molecule has 0 unspecified atom stereocenters. The molecule has 5 nitrogen and oxygen atoms in total. The summed E-state index contributed by atoms with van der Waals surface area (Å²) in [6, 6.07) is 5.19. The number of carboxylic acids is 1. The molecule has 0 radical (unpaired) electrons. The highest BCUT2D eigenvalue weighted by atomic mass is 79.9. The number of rotatable bonds is 3. The molecular weight excluding hydrogens is 326 g/mol. The van der Waals surface area contributed by atoms with Gasteiger partial charge in [-0.3, -0.25) is 9.59 Å². The van der Waals surface area contributed by atoms with Crippen LogP contribution in [0.1, 0.15) is 23.2 Å².